The van der Waals surface area contributed by atoms with Crippen LogP contribution in [0.5, 0.6) is 0 Å². The van der Waals surface area contributed by atoms with E-state index in [4.69, 9.17) is 0 Å². The normalized spacial score (nSPS) is 17.1. The molecule has 0 bridgehead atoms. The minimum atomic E-state index is -5.37. The number of halogens is 7. The molecule has 0 radical (unpaired) electrons. The molecule has 1 saturated heterocycles. The molecular formula is C19H18F7N3. The first-order valence-electron chi connectivity index (χ1n) is 8.85. The monoisotopic (exact) mass is 421 g/mol. The van der Waals surface area contributed by atoms with Crippen LogP contribution in [0.1, 0.15) is 5.69 Å². The van der Waals surface area contributed by atoms with E-state index in [0.29, 0.717) is 28.3 Å². The Morgan fingerprint density at radius 1 is 0.862 bits per heavy atom. The molecule has 3 nitrogen and oxygen atoms in total. The second kappa shape index (κ2) is 8.27. The number of benzene rings is 1. The molecule has 0 amide bonds. The number of hydrogen-bond donors (Lipinski definition) is 0. The Bertz CT molecular complexity index is 796. The molecule has 2 heterocycles. The van der Waals surface area contributed by atoms with E-state index in [0.717, 1.165) is 0 Å². The standard InChI is InChI=1S/C19H18F7N3/c20-15-3-1-2-13(10-15)14-4-5-16(27-11-14)12-28-6-8-29(9-7-28)17(18(21,22)23)19(24,25)26/h1-5,10-11,17H,6-9,12H2. The van der Waals surface area contributed by atoms with Gasteiger partial charge in [-0.25, -0.2) is 4.39 Å². The third kappa shape index (κ3) is 5.45. The highest BCUT2D eigenvalue weighted by Crippen LogP contribution is 2.37. The van der Waals surface area contributed by atoms with E-state index in [-0.39, 0.29) is 32.0 Å². The van der Waals surface area contributed by atoms with Crippen molar-refractivity contribution in [3.05, 3.63) is 54.1 Å². The fraction of sp³-hybridized carbons (Fsp3) is 0.421. The summed E-state index contributed by atoms with van der Waals surface area (Å²) in [7, 11) is 0. The molecule has 10 heteroatoms. The summed E-state index contributed by atoms with van der Waals surface area (Å²) in [5.41, 5.74) is 1.99. The third-order valence-corrected chi connectivity index (χ3v) is 4.76. The van der Waals surface area contributed by atoms with Crippen molar-refractivity contribution in [1.29, 1.82) is 0 Å². The molecule has 0 aliphatic carbocycles. The molecule has 1 aliphatic rings. The van der Waals surface area contributed by atoms with Gasteiger partial charge in [0.1, 0.15) is 5.82 Å². The van der Waals surface area contributed by atoms with E-state index in [1.807, 2.05) is 0 Å². The predicted octanol–water partition coefficient (Wildman–Crippen LogP) is 4.50. The molecule has 1 fully saturated rings. The maximum atomic E-state index is 13.3. The minimum absolute atomic E-state index is 0.0655. The zero-order valence-corrected chi connectivity index (χ0v) is 15.1. The van der Waals surface area contributed by atoms with Crippen molar-refractivity contribution >= 4 is 0 Å². The van der Waals surface area contributed by atoms with Crippen molar-refractivity contribution in [2.75, 3.05) is 26.2 Å². The lowest BCUT2D eigenvalue weighted by molar-refractivity contribution is -0.289. The van der Waals surface area contributed by atoms with Gasteiger partial charge in [0.2, 0.25) is 6.04 Å². The molecular weight excluding hydrogens is 403 g/mol. The molecule has 0 unspecified atom stereocenters. The predicted molar refractivity (Wildman–Crippen MR) is 92.4 cm³/mol. The van der Waals surface area contributed by atoms with Gasteiger partial charge < -0.3 is 0 Å². The van der Waals surface area contributed by atoms with Gasteiger partial charge in [-0.1, -0.05) is 18.2 Å². The lowest BCUT2D eigenvalue weighted by Crippen LogP contribution is -2.60. The van der Waals surface area contributed by atoms with Gasteiger partial charge >= 0.3 is 12.4 Å². The van der Waals surface area contributed by atoms with Gasteiger partial charge in [0, 0.05) is 44.5 Å². The maximum Gasteiger partial charge on any atom is 0.412 e. The maximum absolute atomic E-state index is 13.3. The Hall–Kier alpha value is -2.20. The van der Waals surface area contributed by atoms with Crippen molar-refractivity contribution in [1.82, 2.24) is 14.8 Å². The zero-order chi connectivity index (χ0) is 21.2. The van der Waals surface area contributed by atoms with Crippen LogP contribution in [-0.2, 0) is 6.54 Å². The van der Waals surface area contributed by atoms with Gasteiger partial charge in [0.25, 0.3) is 0 Å². The van der Waals surface area contributed by atoms with Gasteiger partial charge in [0.05, 0.1) is 5.69 Å². The molecule has 29 heavy (non-hydrogen) atoms. The Labute approximate surface area is 162 Å². The van der Waals surface area contributed by atoms with Crippen LogP contribution >= 0.6 is 0 Å². The van der Waals surface area contributed by atoms with Crippen LogP contribution in [0.25, 0.3) is 11.1 Å². The van der Waals surface area contributed by atoms with Gasteiger partial charge in [-0.05, 0) is 23.8 Å². The van der Waals surface area contributed by atoms with E-state index in [1.165, 1.54) is 12.1 Å². The van der Waals surface area contributed by atoms with Crippen LogP contribution < -0.4 is 0 Å². The van der Waals surface area contributed by atoms with E-state index in [9.17, 15) is 30.7 Å². The second-order valence-electron chi connectivity index (χ2n) is 6.85. The van der Waals surface area contributed by atoms with Gasteiger partial charge in [0.15, 0.2) is 0 Å². The smallest absolute Gasteiger partial charge is 0.295 e. The summed E-state index contributed by atoms with van der Waals surface area (Å²) >= 11 is 0. The first-order valence-corrected chi connectivity index (χ1v) is 8.85. The van der Waals surface area contributed by atoms with Crippen molar-refractivity contribution in [3.8, 4) is 11.1 Å². The number of hydrogen-bond acceptors (Lipinski definition) is 3. The first-order chi connectivity index (χ1) is 13.5. The quantitative estimate of drug-likeness (QED) is 0.678. The SMILES string of the molecule is Fc1cccc(-c2ccc(CN3CCN(C(C(F)(F)F)C(F)(F)F)CC3)nc2)c1. The molecule has 0 N–H and O–H groups in total. The molecule has 0 atom stereocenters. The average Bonchev–Trinajstić information content (AvgIpc) is 2.62. The highest BCUT2D eigenvalue weighted by molar-refractivity contribution is 5.62. The number of rotatable bonds is 4. The molecule has 158 valence electrons. The molecule has 1 aromatic heterocycles. The number of pyridine rings is 1. The second-order valence-corrected chi connectivity index (χ2v) is 6.85. The summed E-state index contributed by atoms with van der Waals surface area (Å²) in [6, 6.07) is 6.02. The summed E-state index contributed by atoms with van der Waals surface area (Å²) in [5, 5.41) is 0. The minimum Gasteiger partial charge on any atom is -0.295 e. The van der Waals surface area contributed by atoms with Crippen LogP contribution in [0.15, 0.2) is 42.6 Å². The number of aromatic nitrogens is 1. The molecule has 1 aliphatic heterocycles. The Morgan fingerprint density at radius 2 is 1.52 bits per heavy atom. The largest absolute Gasteiger partial charge is 0.412 e. The summed E-state index contributed by atoms with van der Waals surface area (Å²) in [6.45, 7) is -0.248. The summed E-state index contributed by atoms with van der Waals surface area (Å²) in [4.78, 5) is 6.46. The van der Waals surface area contributed by atoms with Gasteiger partial charge in [-0.2, -0.15) is 26.3 Å². The van der Waals surface area contributed by atoms with E-state index < -0.39 is 18.4 Å². The highest BCUT2D eigenvalue weighted by Gasteiger charge is 2.59. The fourth-order valence-electron chi connectivity index (χ4n) is 3.37. The van der Waals surface area contributed by atoms with Crippen molar-refractivity contribution in [2.45, 2.75) is 24.9 Å². The third-order valence-electron chi connectivity index (χ3n) is 4.76. The topological polar surface area (TPSA) is 19.4 Å². The molecule has 2 aromatic rings. The Morgan fingerprint density at radius 3 is 2.03 bits per heavy atom. The van der Waals surface area contributed by atoms with E-state index in [1.54, 1.807) is 35.4 Å². The van der Waals surface area contributed by atoms with Crippen LogP contribution in [0, 0.1) is 5.82 Å². The van der Waals surface area contributed by atoms with E-state index >= 15 is 0 Å². The van der Waals surface area contributed by atoms with E-state index in [2.05, 4.69) is 4.98 Å². The lowest BCUT2D eigenvalue weighted by Gasteiger charge is -2.40. The van der Waals surface area contributed by atoms with Crippen molar-refractivity contribution in [3.63, 3.8) is 0 Å². The Kier molecular flexibility index (Phi) is 6.13. The fourth-order valence-corrected chi connectivity index (χ4v) is 3.37. The van der Waals surface area contributed by atoms with Crippen LogP contribution in [0.4, 0.5) is 30.7 Å². The first kappa shape index (κ1) is 21.5. The average molecular weight is 421 g/mol. The molecule has 3 rings (SSSR count). The summed E-state index contributed by atoms with van der Waals surface area (Å²) in [5.74, 6) is -0.375. The van der Waals surface area contributed by atoms with Crippen LogP contribution in [-0.4, -0.2) is 59.4 Å². The Balaban J connectivity index is 1.59. The molecule has 0 spiro atoms. The number of nitrogens with zero attached hydrogens (tertiary/aromatic N) is 3. The van der Waals surface area contributed by atoms with Crippen LogP contribution in [0.3, 0.4) is 0 Å². The molecule has 0 saturated carbocycles. The summed E-state index contributed by atoms with van der Waals surface area (Å²) < 4.78 is 90.3. The van der Waals surface area contributed by atoms with Gasteiger partial charge in [-0.3, -0.25) is 14.8 Å². The van der Waals surface area contributed by atoms with Crippen molar-refractivity contribution in [2.24, 2.45) is 0 Å². The number of alkyl halides is 6. The molecule has 1 aromatic carbocycles. The zero-order valence-electron chi connectivity index (χ0n) is 15.1. The highest BCUT2D eigenvalue weighted by atomic mass is 19.4. The number of piperazine rings is 1. The lowest BCUT2D eigenvalue weighted by atomic mass is 10.1. The summed E-state index contributed by atoms with van der Waals surface area (Å²) in [6.07, 6.45) is -9.17. The van der Waals surface area contributed by atoms with Crippen molar-refractivity contribution < 1.29 is 30.7 Å². The van der Waals surface area contributed by atoms with Gasteiger partial charge in [-0.15, -0.1) is 0 Å². The van der Waals surface area contributed by atoms with Crippen LogP contribution in [0.2, 0.25) is 0 Å².